The Morgan fingerprint density at radius 1 is 1.22 bits per heavy atom. The molecule has 27 heavy (non-hydrogen) atoms. The molecular weight excluding hydrogens is 414 g/mol. The van der Waals surface area contributed by atoms with E-state index >= 15 is 0 Å². The molecule has 2 aromatic carbocycles. The van der Waals surface area contributed by atoms with E-state index in [4.69, 9.17) is 14.2 Å². The highest BCUT2D eigenvalue weighted by atomic mass is 79.9. The second kappa shape index (κ2) is 7.17. The molecule has 0 aliphatic carbocycles. The second-order valence-electron chi connectivity index (χ2n) is 6.27. The molecule has 138 valence electrons. The van der Waals surface area contributed by atoms with E-state index in [1.807, 2.05) is 24.3 Å². The molecule has 1 saturated heterocycles. The predicted molar refractivity (Wildman–Crippen MR) is 101 cm³/mol. The topological polar surface area (TPSA) is 77.2 Å². The number of nitrogens with one attached hydrogen (secondary N) is 1. The van der Waals surface area contributed by atoms with Crippen molar-refractivity contribution in [2.24, 2.45) is 0 Å². The standard InChI is InChI=1S/C20H16BrNO5/c1-11(23)22-10-12-5-6-17-13(7-12)8-16(18-20(26-17)27-18)19(24)25-15-4-2-3-14(21)9-15/h2-9,18,20H,10H2,1H3,(H,22,23). The van der Waals surface area contributed by atoms with Crippen molar-refractivity contribution in [1.29, 1.82) is 0 Å². The summed E-state index contributed by atoms with van der Waals surface area (Å²) in [5, 5.41) is 2.75. The van der Waals surface area contributed by atoms with Gasteiger partial charge in [0.25, 0.3) is 0 Å². The average molecular weight is 430 g/mol. The van der Waals surface area contributed by atoms with Gasteiger partial charge >= 0.3 is 5.97 Å². The molecule has 0 saturated carbocycles. The largest absolute Gasteiger partial charge is 0.461 e. The maximum atomic E-state index is 12.7. The number of halogens is 1. The van der Waals surface area contributed by atoms with Crippen LogP contribution in [0.25, 0.3) is 6.08 Å². The van der Waals surface area contributed by atoms with Crippen LogP contribution in [-0.2, 0) is 20.9 Å². The quantitative estimate of drug-likeness (QED) is 0.458. The van der Waals surface area contributed by atoms with Crippen LogP contribution in [0.3, 0.4) is 0 Å². The van der Waals surface area contributed by atoms with Gasteiger partial charge in [-0.15, -0.1) is 0 Å². The van der Waals surface area contributed by atoms with Crippen molar-refractivity contribution in [3.05, 3.63) is 63.6 Å². The van der Waals surface area contributed by atoms with Gasteiger partial charge in [-0.05, 0) is 42.0 Å². The van der Waals surface area contributed by atoms with Crippen LogP contribution in [0.1, 0.15) is 18.1 Å². The van der Waals surface area contributed by atoms with Crippen molar-refractivity contribution in [2.45, 2.75) is 25.9 Å². The Kier molecular flexibility index (Phi) is 4.72. The van der Waals surface area contributed by atoms with Gasteiger partial charge in [-0.3, -0.25) is 4.79 Å². The molecule has 0 radical (unpaired) electrons. The number of fused-ring (bicyclic) bond motifs is 2. The van der Waals surface area contributed by atoms with Gasteiger partial charge < -0.3 is 19.5 Å². The number of benzene rings is 2. The number of hydrogen-bond acceptors (Lipinski definition) is 5. The lowest BCUT2D eigenvalue weighted by atomic mass is 10.1. The molecular formula is C20H16BrNO5. The minimum Gasteiger partial charge on any atom is -0.461 e. The third-order valence-electron chi connectivity index (χ3n) is 4.17. The number of epoxide rings is 1. The average Bonchev–Trinajstić information content (AvgIpc) is 3.38. The van der Waals surface area contributed by atoms with E-state index in [0.717, 1.165) is 15.6 Å². The molecule has 2 aromatic rings. The fraction of sp³-hybridized carbons (Fsp3) is 0.200. The fourth-order valence-electron chi connectivity index (χ4n) is 2.81. The number of amides is 1. The van der Waals surface area contributed by atoms with E-state index in [1.165, 1.54) is 6.92 Å². The lowest BCUT2D eigenvalue weighted by Gasteiger charge is -2.09. The van der Waals surface area contributed by atoms with Crippen LogP contribution in [0.2, 0.25) is 0 Å². The van der Waals surface area contributed by atoms with Gasteiger partial charge in [-0.2, -0.15) is 0 Å². The highest BCUT2D eigenvalue weighted by Crippen LogP contribution is 2.39. The molecule has 2 atom stereocenters. The summed E-state index contributed by atoms with van der Waals surface area (Å²) in [5.74, 6) is 0.477. The van der Waals surface area contributed by atoms with Crippen molar-refractivity contribution in [1.82, 2.24) is 5.32 Å². The van der Waals surface area contributed by atoms with Gasteiger partial charge in [0.05, 0.1) is 5.57 Å². The Bertz CT molecular complexity index is 955. The lowest BCUT2D eigenvalue weighted by molar-refractivity contribution is -0.130. The molecule has 2 unspecified atom stereocenters. The summed E-state index contributed by atoms with van der Waals surface area (Å²) in [4.78, 5) is 23.8. The zero-order chi connectivity index (χ0) is 19.0. The zero-order valence-electron chi connectivity index (χ0n) is 14.4. The lowest BCUT2D eigenvalue weighted by Crippen LogP contribution is -2.18. The normalized spacial score (nSPS) is 19.6. The van der Waals surface area contributed by atoms with Crippen LogP contribution in [0.15, 0.2) is 52.5 Å². The Morgan fingerprint density at radius 3 is 2.85 bits per heavy atom. The van der Waals surface area contributed by atoms with Gasteiger partial charge in [0, 0.05) is 23.5 Å². The second-order valence-corrected chi connectivity index (χ2v) is 7.19. The highest BCUT2D eigenvalue weighted by molar-refractivity contribution is 9.10. The summed E-state index contributed by atoms with van der Waals surface area (Å²) < 4.78 is 17.5. The molecule has 7 heteroatoms. The summed E-state index contributed by atoms with van der Waals surface area (Å²) >= 11 is 3.35. The summed E-state index contributed by atoms with van der Waals surface area (Å²) in [5.41, 5.74) is 2.05. The maximum Gasteiger partial charge on any atom is 0.342 e. The van der Waals surface area contributed by atoms with Crippen LogP contribution in [-0.4, -0.2) is 24.3 Å². The van der Waals surface area contributed by atoms with Gasteiger partial charge in [0.15, 0.2) is 6.10 Å². The van der Waals surface area contributed by atoms with Crippen molar-refractivity contribution in [2.75, 3.05) is 0 Å². The molecule has 2 heterocycles. The van der Waals surface area contributed by atoms with Gasteiger partial charge in [-0.25, -0.2) is 4.79 Å². The van der Waals surface area contributed by atoms with Gasteiger partial charge in [-0.1, -0.05) is 28.1 Å². The summed E-state index contributed by atoms with van der Waals surface area (Å²) in [6.45, 7) is 1.87. The molecule has 1 amide bonds. The van der Waals surface area contributed by atoms with Gasteiger partial charge in [0.2, 0.25) is 12.2 Å². The van der Waals surface area contributed by atoms with Crippen LogP contribution >= 0.6 is 15.9 Å². The Morgan fingerprint density at radius 2 is 2.07 bits per heavy atom. The van der Waals surface area contributed by atoms with Crippen LogP contribution < -0.4 is 14.8 Å². The minimum absolute atomic E-state index is 0.107. The fourth-order valence-corrected chi connectivity index (χ4v) is 3.19. The maximum absolute atomic E-state index is 12.7. The summed E-state index contributed by atoms with van der Waals surface area (Å²) in [7, 11) is 0. The first-order valence-corrected chi connectivity index (χ1v) is 9.18. The van der Waals surface area contributed by atoms with E-state index in [9.17, 15) is 9.59 Å². The smallest absolute Gasteiger partial charge is 0.342 e. The monoisotopic (exact) mass is 429 g/mol. The molecule has 2 aliphatic rings. The number of ether oxygens (including phenoxy) is 3. The first-order chi connectivity index (χ1) is 13.0. The van der Waals surface area contributed by atoms with E-state index in [-0.39, 0.29) is 5.91 Å². The number of carbonyl (C=O) groups excluding carboxylic acids is 2. The minimum atomic E-state index is -0.492. The molecule has 4 rings (SSSR count). The van der Waals surface area contributed by atoms with E-state index in [1.54, 1.807) is 24.3 Å². The first kappa shape index (κ1) is 17.8. The van der Waals surface area contributed by atoms with Crippen LogP contribution in [0.4, 0.5) is 0 Å². The van der Waals surface area contributed by atoms with E-state index in [0.29, 0.717) is 23.6 Å². The molecule has 0 bridgehead atoms. The molecule has 2 aliphatic heterocycles. The third-order valence-corrected chi connectivity index (χ3v) is 4.66. The molecule has 0 aromatic heterocycles. The van der Waals surface area contributed by atoms with E-state index < -0.39 is 18.4 Å². The van der Waals surface area contributed by atoms with Crippen LogP contribution in [0, 0.1) is 0 Å². The zero-order valence-corrected chi connectivity index (χ0v) is 16.0. The molecule has 1 fully saturated rings. The number of carbonyl (C=O) groups is 2. The van der Waals surface area contributed by atoms with Crippen LogP contribution in [0.5, 0.6) is 11.5 Å². The Balaban J connectivity index is 1.60. The van der Waals surface area contributed by atoms with Crippen molar-refractivity contribution in [3.63, 3.8) is 0 Å². The summed E-state index contributed by atoms with van der Waals surface area (Å²) in [6.07, 6.45) is 0.787. The third kappa shape index (κ3) is 4.04. The first-order valence-electron chi connectivity index (χ1n) is 8.38. The van der Waals surface area contributed by atoms with Gasteiger partial charge in [0.1, 0.15) is 11.5 Å². The SMILES string of the molecule is CC(=O)NCc1ccc2c(c1)C=C(C(=O)Oc1cccc(Br)c1)C1OC1O2. The van der Waals surface area contributed by atoms with Crippen molar-refractivity contribution < 1.29 is 23.8 Å². The number of hydrogen-bond donors (Lipinski definition) is 1. The van der Waals surface area contributed by atoms with Crippen molar-refractivity contribution >= 4 is 33.9 Å². The van der Waals surface area contributed by atoms with E-state index in [2.05, 4.69) is 21.2 Å². The molecule has 6 nitrogen and oxygen atoms in total. The molecule has 1 N–H and O–H groups in total. The molecule has 0 spiro atoms. The number of rotatable bonds is 4. The Labute approximate surface area is 164 Å². The number of esters is 1. The predicted octanol–water partition coefficient (Wildman–Crippen LogP) is 3.19. The highest BCUT2D eigenvalue weighted by Gasteiger charge is 2.49. The Hall–Kier alpha value is -2.64. The van der Waals surface area contributed by atoms with Crippen molar-refractivity contribution in [3.8, 4) is 11.5 Å². The summed E-state index contributed by atoms with van der Waals surface area (Å²) in [6, 6.07) is 12.6.